The molecule has 0 aromatic heterocycles. The first-order chi connectivity index (χ1) is 8.60. The van der Waals surface area contributed by atoms with E-state index in [1.165, 1.54) is 0 Å². The molecule has 0 rings (SSSR count). The predicted molar refractivity (Wildman–Crippen MR) is 88.0 cm³/mol. The van der Waals surface area contributed by atoms with Crippen LogP contribution in [0.1, 0.15) is 53.9 Å². The Hall–Kier alpha value is -0.0200. The average molecular weight is 288 g/mol. The highest BCUT2D eigenvalue weighted by Crippen LogP contribution is 2.26. The second-order valence-electron chi connectivity index (χ2n) is 7.43. The lowest BCUT2D eigenvalue weighted by Crippen LogP contribution is -2.27. The zero-order chi connectivity index (χ0) is 15.1. The number of nitrogens with zero attached hydrogens (tertiary/aromatic N) is 1. The average Bonchev–Trinajstić information content (AvgIpc) is 2.21. The van der Waals surface area contributed by atoms with E-state index in [0.717, 1.165) is 31.6 Å². The van der Waals surface area contributed by atoms with Crippen molar-refractivity contribution in [3.63, 3.8) is 0 Å². The highest BCUT2D eigenvalue weighted by molar-refractivity contribution is 8.00. The van der Waals surface area contributed by atoms with Crippen molar-refractivity contribution in [1.29, 1.82) is 0 Å². The first-order valence-corrected chi connectivity index (χ1v) is 8.43. The molecule has 0 aliphatic carbocycles. The van der Waals surface area contributed by atoms with Gasteiger partial charge in [-0.25, -0.2) is 0 Å². The summed E-state index contributed by atoms with van der Waals surface area (Å²) >= 11 is 1.96. The van der Waals surface area contributed by atoms with Crippen molar-refractivity contribution in [1.82, 2.24) is 4.90 Å². The quantitative estimate of drug-likeness (QED) is 0.637. The number of carbonyl (C=O) groups excluding carboxylic acids is 1. The Morgan fingerprint density at radius 2 is 1.79 bits per heavy atom. The fourth-order valence-corrected chi connectivity index (χ4v) is 3.20. The molecule has 0 aliphatic rings. The smallest absolute Gasteiger partial charge is 0.134 e. The van der Waals surface area contributed by atoms with E-state index in [-0.39, 0.29) is 0 Å². The van der Waals surface area contributed by atoms with E-state index in [9.17, 15) is 4.79 Å². The van der Waals surface area contributed by atoms with Gasteiger partial charge in [0.1, 0.15) is 5.78 Å². The van der Waals surface area contributed by atoms with Crippen LogP contribution in [0.3, 0.4) is 0 Å². The van der Waals surface area contributed by atoms with E-state index in [2.05, 4.69) is 53.6 Å². The van der Waals surface area contributed by atoms with Gasteiger partial charge in [0.05, 0.1) is 0 Å². The maximum absolute atomic E-state index is 12.0. The van der Waals surface area contributed by atoms with Gasteiger partial charge in [0.2, 0.25) is 0 Å². The second kappa shape index (κ2) is 9.02. The maximum Gasteiger partial charge on any atom is 0.134 e. The van der Waals surface area contributed by atoms with E-state index < -0.39 is 0 Å². The lowest BCUT2D eigenvalue weighted by Gasteiger charge is -2.25. The zero-order valence-corrected chi connectivity index (χ0v) is 14.8. The van der Waals surface area contributed by atoms with E-state index in [1.807, 2.05) is 11.8 Å². The topological polar surface area (TPSA) is 20.3 Å². The summed E-state index contributed by atoms with van der Waals surface area (Å²) in [5.41, 5.74) is 0.330. The molecule has 0 aromatic carbocycles. The SMILES string of the molecule is CC(C)CCC(=O)CC(CN(C)C)SCC(C)(C)C. The maximum atomic E-state index is 12.0. The monoisotopic (exact) mass is 287 g/mol. The van der Waals surface area contributed by atoms with Gasteiger partial charge < -0.3 is 4.90 Å². The van der Waals surface area contributed by atoms with Crippen LogP contribution in [0.25, 0.3) is 0 Å². The standard InChI is InChI=1S/C16H33NOS/c1-13(2)8-9-14(18)10-15(11-17(6)7)19-12-16(3,4)5/h13,15H,8-12H2,1-7H3. The molecule has 0 saturated carbocycles. The first-order valence-electron chi connectivity index (χ1n) is 7.38. The Morgan fingerprint density at radius 3 is 2.21 bits per heavy atom. The Morgan fingerprint density at radius 1 is 1.21 bits per heavy atom. The third kappa shape index (κ3) is 12.7. The Kier molecular flexibility index (Phi) is 9.01. The molecule has 2 nitrogen and oxygen atoms in total. The van der Waals surface area contributed by atoms with Gasteiger partial charge >= 0.3 is 0 Å². The van der Waals surface area contributed by atoms with Gasteiger partial charge in [0.15, 0.2) is 0 Å². The molecular weight excluding hydrogens is 254 g/mol. The summed E-state index contributed by atoms with van der Waals surface area (Å²) in [6.07, 6.45) is 2.50. The normalized spacial score (nSPS) is 14.2. The summed E-state index contributed by atoms with van der Waals surface area (Å²) in [5, 5.41) is 0.439. The third-order valence-corrected chi connectivity index (χ3v) is 4.60. The molecule has 3 heteroatoms. The molecule has 0 heterocycles. The number of rotatable bonds is 9. The van der Waals surface area contributed by atoms with Crippen molar-refractivity contribution in [3.8, 4) is 0 Å². The number of Topliss-reactive ketones (excluding diaryl/α,β-unsaturated/α-hetero) is 1. The number of thioether (sulfide) groups is 1. The molecule has 0 amide bonds. The molecule has 0 fully saturated rings. The van der Waals surface area contributed by atoms with Crippen LogP contribution in [0.5, 0.6) is 0 Å². The van der Waals surface area contributed by atoms with Crippen molar-refractivity contribution in [3.05, 3.63) is 0 Å². The molecule has 0 spiro atoms. The van der Waals surface area contributed by atoms with Gasteiger partial charge in [-0.3, -0.25) is 4.79 Å². The van der Waals surface area contributed by atoms with Crippen molar-refractivity contribution >= 4 is 17.5 Å². The van der Waals surface area contributed by atoms with Crippen LogP contribution in [0, 0.1) is 11.3 Å². The van der Waals surface area contributed by atoms with Gasteiger partial charge in [0, 0.05) is 24.6 Å². The minimum absolute atomic E-state index is 0.330. The van der Waals surface area contributed by atoms with Crippen LogP contribution in [-0.2, 0) is 4.79 Å². The minimum Gasteiger partial charge on any atom is -0.308 e. The Bertz CT molecular complexity index is 256. The molecule has 114 valence electrons. The predicted octanol–water partition coefficient (Wildman–Crippen LogP) is 4.09. The molecule has 0 aromatic rings. The van der Waals surface area contributed by atoms with Crippen molar-refractivity contribution in [2.24, 2.45) is 11.3 Å². The molecule has 1 unspecified atom stereocenters. The highest BCUT2D eigenvalue weighted by atomic mass is 32.2. The Balaban J connectivity index is 4.22. The molecule has 19 heavy (non-hydrogen) atoms. The van der Waals surface area contributed by atoms with Gasteiger partial charge in [-0.1, -0.05) is 34.6 Å². The van der Waals surface area contributed by atoms with Gasteiger partial charge in [-0.2, -0.15) is 11.8 Å². The number of hydrogen-bond acceptors (Lipinski definition) is 3. The fourth-order valence-electron chi connectivity index (χ4n) is 1.76. The molecule has 0 aliphatic heterocycles. The third-order valence-electron chi connectivity index (χ3n) is 2.78. The lowest BCUT2D eigenvalue weighted by atomic mass is 10.0. The summed E-state index contributed by atoms with van der Waals surface area (Å²) in [5.74, 6) is 2.17. The van der Waals surface area contributed by atoms with E-state index in [4.69, 9.17) is 0 Å². The van der Waals surface area contributed by atoms with Crippen molar-refractivity contribution in [2.75, 3.05) is 26.4 Å². The highest BCUT2D eigenvalue weighted by Gasteiger charge is 2.19. The summed E-state index contributed by atoms with van der Waals surface area (Å²) in [7, 11) is 4.17. The fraction of sp³-hybridized carbons (Fsp3) is 0.938. The molecule has 0 saturated heterocycles. The van der Waals surface area contributed by atoms with Crippen LogP contribution in [0.4, 0.5) is 0 Å². The van der Waals surface area contributed by atoms with Gasteiger partial charge in [0.25, 0.3) is 0 Å². The molecule has 0 radical (unpaired) electrons. The van der Waals surface area contributed by atoms with E-state index in [1.54, 1.807) is 0 Å². The summed E-state index contributed by atoms with van der Waals surface area (Å²) in [6.45, 7) is 12.1. The minimum atomic E-state index is 0.330. The number of carbonyl (C=O) groups is 1. The van der Waals surface area contributed by atoms with Crippen LogP contribution in [0.15, 0.2) is 0 Å². The molecular formula is C16H33NOS. The largest absolute Gasteiger partial charge is 0.308 e. The van der Waals surface area contributed by atoms with Crippen LogP contribution in [0.2, 0.25) is 0 Å². The first kappa shape index (κ1) is 19.0. The molecule has 0 N–H and O–H groups in total. The second-order valence-corrected chi connectivity index (χ2v) is 8.72. The lowest BCUT2D eigenvalue weighted by molar-refractivity contribution is -0.119. The Labute approximate surface area is 124 Å². The summed E-state index contributed by atoms with van der Waals surface area (Å²) in [4.78, 5) is 14.2. The summed E-state index contributed by atoms with van der Waals surface area (Å²) in [6, 6.07) is 0. The van der Waals surface area contributed by atoms with Crippen LogP contribution >= 0.6 is 11.8 Å². The van der Waals surface area contributed by atoms with Crippen molar-refractivity contribution in [2.45, 2.75) is 59.1 Å². The molecule has 1 atom stereocenters. The van der Waals surface area contributed by atoms with Gasteiger partial charge in [-0.15, -0.1) is 0 Å². The molecule has 0 bridgehead atoms. The van der Waals surface area contributed by atoms with Crippen molar-refractivity contribution < 1.29 is 4.79 Å². The number of hydrogen-bond donors (Lipinski definition) is 0. The zero-order valence-electron chi connectivity index (χ0n) is 14.0. The van der Waals surface area contributed by atoms with E-state index in [0.29, 0.717) is 22.4 Å². The summed E-state index contributed by atoms with van der Waals surface area (Å²) < 4.78 is 0. The van der Waals surface area contributed by atoms with Crippen LogP contribution < -0.4 is 0 Å². The van der Waals surface area contributed by atoms with Gasteiger partial charge in [-0.05, 0) is 37.6 Å². The van der Waals surface area contributed by atoms with E-state index >= 15 is 0 Å². The number of ketones is 1. The van der Waals surface area contributed by atoms with Crippen LogP contribution in [-0.4, -0.2) is 42.3 Å².